The van der Waals surface area contributed by atoms with Gasteiger partial charge >= 0.3 is 0 Å². The minimum atomic E-state index is -1.06. The van der Waals surface area contributed by atoms with Crippen LogP contribution in [0.25, 0.3) is 18.2 Å². The van der Waals surface area contributed by atoms with E-state index in [2.05, 4.69) is 6.07 Å². The largest absolute Gasteiger partial charge is 0.488 e. The van der Waals surface area contributed by atoms with Crippen molar-refractivity contribution in [2.24, 2.45) is 0 Å². The number of aliphatic hydroxyl groups excluding tert-OH is 1. The molecule has 5 rings (SSSR count). The predicted molar refractivity (Wildman–Crippen MR) is 184 cm³/mol. The number of thiophene rings is 1. The maximum Gasteiger partial charge on any atom is 0.172 e. The molecule has 0 spiro atoms. The van der Waals surface area contributed by atoms with Gasteiger partial charge in [-0.2, -0.15) is 15.8 Å². The Morgan fingerprint density at radius 3 is 2.17 bits per heavy atom. The van der Waals surface area contributed by atoms with Gasteiger partial charge in [-0.3, -0.25) is 4.90 Å². The fourth-order valence-corrected chi connectivity index (χ4v) is 6.04. The molecule has 47 heavy (non-hydrogen) atoms. The molecule has 1 aliphatic rings. The normalized spacial score (nSPS) is 15.9. The van der Waals surface area contributed by atoms with Crippen LogP contribution in [-0.4, -0.2) is 23.8 Å². The van der Waals surface area contributed by atoms with Crippen molar-refractivity contribution in [1.82, 2.24) is 4.90 Å². The van der Waals surface area contributed by atoms with Gasteiger partial charge in [-0.25, -0.2) is 0 Å². The Bertz CT molecular complexity index is 1970. The molecule has 232 valence electrons. The van der Waals surface area contributed by atoms with Crippen LogP contribution in [0.2, 0.25) is 0 Å². The van der Waals surface area contributed by atoms with Crippen LogP contribution in [0.5, 0.6) is 5.75 Å². The highest BCUT2D eigenvalue weighted by atomic mass is 32.1. The Kier molecular flexibility index (Phi) is 10.5. The van der Waals surface area contributed by atoms with E-state index in [4.69, 9.17) is 9.47 Å². The monoisotopic (exact) mass is 636 g/mol. The zero-order valence-corrected chi connectivity index (χ0v) is 26.9. The smallest absolute Gasteiger partial charge is 0.172 e. The van der Waals surface area contributed by atoms with E-state index >= 15 is 0 Å². The first kappa shape index (κ1) is 32.7. The molecule has 8 heteroatoms. The molecular formula is C39H32N4O3S. The van der Waals surface area contributed by atoms with Gasteiger partial charge in [0.05, 0.1) is 6.73 Å². The number of nitriles is 3. The molecule has 1 aromatic heterocycles. The zero-order chi connectivity index (χ0) is 33.2. The average molecular weight is 637 g/mol. The quantitative estimate of drug-likeness (QED) is 0.131. The summed E-state index contributed by atoms with van der Waals surface area (Å²) in [6, 6.07) is 35.4. The molecule has 0 radical (unpaired) electrons. The number of rotatable bonds is 11. The molecule has 1 atom stereocenters. The molecule has 0 saturated heterocycles. The SMILES string of the molecule is CN(CO)Cc1ccc(/C=C/c2ccc(/C=C/C3=C(C#N)C(=C(C#N)C#N)OC3(C)c3ccccc3)s2)c(OCc2ccccc2)c1. The number of benzene rings is 3. The molecular weight excluding hydrogens is 605 g/mol. The van der Waals surface area contributed by atoms with Crippen molar-refractivity contribution >= 4 is 29.6 Å². The first-order valence-corrected chi connectivity index (χ1v) is 15.7. The van der Waals surface area contributed by atoms with Crippen LogP contribution in [0.1, 0.15) is 38.9 Å². The fourth-order valence-electron chi connectivity index (χ4n) is 5.22. The molecule has 2 heterocycles. The lowest BCUT2D eigenvalue weighted by Crippen LogP contribution is -2.23. The van der Waals surface area contributed by atoms with Crippen LogP contribution in [0.4, 0.5) is 0 Å². The maximum atomic E-state index is 10.1. The number of hydrogen-bond donors (Lipinski definition) is 1. The highest BCUT2D eigenvalue weighted by molar-refractivity contribution is 7.13. The van der Waals surface area contributed by atoms with Crippen LogP contribution in [0.15, 0.2) is 120 Å². The number of ether oxygens (including phenoxy) is 2. The molecule has 0 aliphatic carbocycles. The molecule has 0 bridgehead atoms. The summed E-state index contributed by atoms with van der Waals surface area (Å²) in [4.78, 5) is 3.78. The zero-order valence-electron chi connectivity index (χ0n) is 26.1. The van der Waals surface area contributed by atoms with Crippen LogP contribution >= 0.6 is 11.3 Å². The summed E-state index contributed by atoms with van der Waals surface area (Å²) < 4.78 is 12.5. The van der Waals surface area contributed by atoms with Crippen LogP contribution in [-0.2, 0) is 23.5 Å². The Morgan fingerprint density at radius 1 is 0.872 bits per heavy atom. The van der Waals surface area contributed by atoms with E-state index in [1.807, 2.05) is 146 Å². The summed E-state index contributed by atoms with van der Waals surface area (Å²) in [5.74, 6) is 0.749. The summed E-state index contributed by atoms with van der Waals surface area (Å²) in [6.07, 6.45) is 7.81. The van der Waals surface area contributed by atoms with Gasteiger partial charge in [0, 0.05) is 27.4 Å². The van der Waals surface area contributed by atoms with Gasteiger partial charge in [0.2, 0.25) is 0 Å². The molecule has 0 fully saturated rings. The minimum Gasteiger partial charge on any atom is -0.488 e. The van der Waals surface area contributed by atoms with Gasteiger partial charge in [-0.1, -0.05) is 78.9 Å². The third-order valence-electron chi connectivity index (χ3n) is 7.70. The standard InChI is InChI=1S/C39H32N4O3S/c1-39(32-11-7-4-8-12-32)36(35(24-42)38(46-39)31(22-40)23-41)20-19-34-18-17-33(47-34)16-15-30-14-13-29(25-43(2)27-44)21-37(30)45-26-28-9-5-3-6-10-28/h3-21,44H,25-27H2,1-2H3/b16-15+,20-19+. The van der Waals surface area contributed by atoms with Crippen LogP contribution in [0.3, 0.4) is 0 Å². The van der Waals surface area contributed by atoms with E-state index in [1.165, 1.54) is 0 Å². The van der Waals surface area contributed by atoms with Crippen molar-refractivity contribution in [3.63, 3.8) is 0 Å². The third kappa shape index (κ3) is 7.59. The number of nitrogens with zero attached hydrogens (tertiary/aromatic N) is 4. The van der Waals surface area contributed by atoms with Gasteiger partial charge in [-0.15, -0.1) is 11.3 Å². The van der Waals surface area contributed by atoms with Gasteiger partial charge < -0.3 is 14.6 Å². The Balaban J connectivity index is 1.42. The highest BCUT2D eigenvalue weighted by Crippen LogP contribution is 2.47. The second-order valence-corrected chi connectivity index (χ2v) is 12.2. The summed E-state index contributed by atoms with van der Waals surface area (Å²) in [5.41, 5.74) is 3.26. The first-order chi connectivity index (χ1) is 22.9. The average Bonchev–Trinajstić information content (AvgIpc) is 3.68. The maximum absolute atomic E-state index is 10.1. The van der Waals surface area contributed by atoms with Crippen molar-refractivity contribution in [2.75, 3.05) is 13.8 Å². The second-order valence-electron chi connectivity index (χ2n) is 11.0. The van der Waals surface area contributed by atoms with Crippen molar-refractivity contribution in [2.45, 2.75) is 25.7 Å². The summed E-state index contributed by atoms with van der Waals surface area (Å²) in [6.45, 7) is 2.82. The molecule has 3 aromatic carbocycles. The van der Waals surface area contributed by atoms with Crippen LogP contribution in [0, 0.1) is 34.0 Å². The van der Waals surface area contributed by atoms with Gasteiger partial charge in [0.25, 0.3) is 0 Å². The van der Waals surface area contributed by atoms with E-state index in [0.29, 0.717) is 18.7 Å². The topological polar surface area (TPSA) is 113 Å². The molecule has 4 aromatic rings. The summed E-state index contributed by atoms with van der Waals surface area (Å²) in [5, 5.41) is 38.7. The van der Waals surface area contributed by atoms with Crippen molar-refractivity contribution in [3.8, 4) is 24.0 Å². The minimum absolute atomic E-state index is 0.00221. The molecule has 0 saturated carbocycles. The lowest BCUT2D eigenvalue weighted by atomic mass is 9.86. The van der Waals surface area contributed by atoms with E-state index in [0.717, 1.165) is 37.8 Å². The predicted octanol–water partition coefficient (Wildman–Crippen LogP) is 7.96. The highest BCUT2D eigenvalue weighted by Gasteiger charge is 2.43. The fraction of sp³-hybridized carbons (Fsp3) is 0.154. The molecule has 1 unspecified atom stereocenters. The van der Waals surface area contributed by atoms with Gasteiger partial charge in [0.15, 0.2) is 16.9 Å². The Labute approximate surface area is 279 Å². The molecule has 7 nitrogen and oxygen atoms in total. The number of aliphatic hydroxyl groups is 1. The third-order valence-corrected chi connectivity index (χ3v) is 8.72. The molecule has 1 aliphatic heterocycles. The molecule has 1 N–H and O–H groups in total. The van der Waals surface area contributed by atoms with Gasteiger partial charge in [-0.05, 0) is 67.1 Å². The summed E-state index contributed by atoms with van der Waals surface area (Å²) in [7, 11) is 1.85. The van der Waals surface area contributed by atoms with Crippen molar-refractivity contribution in [1.29, 1.82) is 15.8 Å². The number of hydrogen-bond acceptors (Lipinski definition) is 8. The van der Waals surface area contributed by atoms with E-state index in [1.54, 1.807) is 11.3 Å². The van der Waals surface area contributed by atoms with E-state index in [-0.39, 0.29) is 23.6 Å². The molecule has 0 amide bonds. The van der Waals surface area contributed by atoms with E-state index < -0.39 is 5.60 Å². The van der Waals surface area contributed by atoms with E-state index in [9.17, 15) is 20.9 Å². The Morgan fingerprint density at radius 2 is 1.53 bits per heavy atom. The van der Waals surface area contributed by atoms with Crippen molar-refractivity contribution < 1.29 is 14.6 Å². The van der Waals surface area contributed by atoms with Gasteiger partial charge in [0.1, 0.15) is 36.1 Å². The second kappa shape index (κ2) is 15.1. The number of allylic oxidation sites excluding steroid dienone is 2. The Hall–Kier alpha value is -5.69. The van der Waals surface area contributed by atoms with Crippen LogP contribution < -0.4 is 4.74 Å². The first-order valence-electron chi connectivity index (χ1n) is 14.9. The summed E-state index contributed by atoms with van der Waals surface area (Å²) >= 11 is 1.58. The lowest BCUT2D eigenvalue weighted by Gasteiger charge is -2.27. The lowest BCUT2D eigenvalue weighted by molar-refractivity contribution is 0.0755. The van der Waals surface area contributed by atoms with Crippen molar-refractivity contribution in [3.05, 3.63) is 152 Å².